The lowest BCUT2D eigenvalue weighted by Gasteiger charge is -1.61. The third kappa shape index (κ3) is 397. The lowest BCUT2D eigenvalue weighted by atomic mass is 11.3. The monoisotopic (exact) mass is 240 g/mol. The van der Waals surface area contributed by atoms with E-state index < -0.39 is 8.26 Å². The minimum Gasteiger partial charge on any atom is -0.195 e. The van der Waals surface area contributed by atoms with E-state index in [9.17, 15) is 0 Å². The molecule has 8 heavy (non-hydrogen) atoms. The molecule has 0 bridgehead atoms. The largest absolute Gasteiger partial charge is 0.317 e. The summed E-state index contributed by atoms with van der Waals surface area (Å²) < 4.78 is 18.3. The summed E-state index contributed by atoms with van der Waals surface area (Å²) in [6.45, 7) is 3.28. The molecule has 0 aliphatic heterocycles. The van der Waals surface area contributed by atoms with Crippen molar-refractivity contribution in [3.05, 3.63) is 11.6 Å². The van der Waals surface area contributed by atoms with Gasteiger partial charge in [0.25, 0.3) is 0 Å². The fraction of sp³-hybridized carbons (Fsp3) is 0. The minimum atomic E-state index is -3.72. The summed E-state index contributed by atoms with van der Waals surface area (Å²) in [5.41, 5.74) is 0. The van der Waals surface area contributed by atoms with Crippen LogP contribution in [0.3, 0.4) is 0 Å². The second kappa shape index (κ2) is 5.88. The van der Waals surface area contributed by atoms with Crippen molar-refractivity contribution in [3.63, 3.8) is 0 Å². The topological polar surface area (TPSA) is 34.1 Å². The molecule has 50 valence electrons. The van der Waals surface area contributed by atoms with E-state index in [0.29, 0.717) is 0 Å². The summed E-state index contributed by atoms with van der Waals surface area (Å²) in [5, 5.41) is 0. The third-order valence-electron chi connectivity index (χ3n) is 0. The molecule has 0 fully saturated rings. The summed E-state index contributed by atoms with van der Waals surface area (Å²) in [4.78, 5) is 1.56. The van der Waals surface area contributed by atoms with Crippen LogP contribution in [0.1, 0.15) is 0 Å². The van der Waals surface area contributed by atoms with Crippen LogP contribution in [0.25, 0.3) is 0 Å². The van der Waals surface area contributed by atoms with Crippen LogP contribution < -0.4 is 0 Å². The number of hydrogen-bond donors (Lipinski definition) is 0. The van der Waals surface area contributed by atoms with E-state index in [4.69, 9.17) is 8.42 Å². The zero-order chi connectivity index (χ0) is 7.21. The van der Waals surface area contributed by atoms with Gasteiger partial charge in [-0.3, -0.25) is 0 Å². The molecule has 0 unspecified atom stereocenters. The van der Waals surface area contributed by atoms with Crippen molar-refractivity contribution in [1.29, 1.82) is 0 Å². The molecule has 0 aliphatic carbocycles. The Morgan fingerprint density at radius 3 is 1.50 bits per heavy atom. The van der Waals surface area contributed by atoms with Gasteiger partial charge in [0.15, 0.2) is 0 Å². The van der Waals surface area contributed by atoms with Crippen LogP contribution in [-0.2, 0) is 8.26 Å². The van der Waals surface area contributed by atoms with Gasteiger partial charge in [0.2, 0.25) is 0 Å². The highest BCUT2D eigenvalue weighted by molar-refractivity contribution is 9.11. The molecule has 0 rings (SSSR count). The highest BCUT2D eigenvalue weighted by atomic mass is 79.9. The Balaban J connectivity index is 0. The summed E-state index contributed by atoms with van der Waals surface area (Å²) in [6.07, 6.45) is 0. The maximum absolute atomic E-state index is 9.16. The predicted molar refractivity (Wildman–Crippen MR) is 39.7 cm³/mol. The Hall–Kier alpha value is 0.750. The number of rotatable bonds is 0. The molecule has 6 heteroatoms. The van der Waals surface area contributed by atoms with E-state index in [1.165, 1.54) is 0 Å². The molecule has 0 spiro atoms. The third-order valence-corrected chi connectivity index (χ3v) is 0. The molecule has 2 nitrogen and oxygen atoms in total. The first-order valence-corrected chi connectivity index (χ1v) is 5.32. The van der Waals surface area contributed by atoms with Gasteiger partial charge in [0, 0.05) is 21.4 Å². The molecule has 0 radical (unpaired) electrons. The summed E-state index contributed by atoms with van der Waals surface area (Å²) in [6, 6.07) is 0. The molecule has 0 N–H and O–H groups in total. The van der Waals surface area contributed by atoms with Gasteiger partial charge < -0.3 is 0 Å². The van der Waals surface area contributed by atoms with Crippen LogP contribution in [-0.4, -0.2) is 8.42 Å². The molecule has 0 saturated heterocycles. The van der Waals surface area contributed by atoms with Gasteiger partial charge in [-0.2, -0.15) is 8.42 Å². The molecular formula is C2H3BrCl2O2S. The summed E-state index contributed by atoms with van der Waals surface area (Å²) in [5.74, 6) is 0. The molecule has 0 heterocycles. The lowest BCUT2D eigenvalue weighted by molar-refractivity contribution is 0.621. The van der Waals surface area contributed by atoms with Gasteiger partial charge in [-0.25, -0.2) is 0 Å². The van der Waals surface area contributed by atoms with Crippen LogP contribution >= 0.6 is 37.3 Å². The first-order chi connectivity index (χ1) is 3.41. The Kier molecular flexibility index (Phi) is 8.48. The summed E-state index contributed by atoms with van der Waals surface area (Å²) in [7, 11) is 4.81. The fourth-order valence-electron chi connectivity index (χ4n) is 0. The van der Waals surface area contributed by atoms with Crippen LogP contribution in [0.4, 0.5) is 0 Å². The molecule has 0 atom stereocenters. The van der Waals surface area contributed by atoms with Crippen molar-refractivity contribution in [3.8, 4) is 0 Å². The molecule has 0 aliphatic rings. The Bertz CT molecular complexity index is 132. The zero-order valence-electron chi connectivity index (χ0n) is 3.64. The second-order valence-electron chi connectivity index (χ2n) is 0.533. The van der Waals surface area contributed by atoms with Gasteiger partial charge in [0.05, 0.1) is 0 Å². The zero-order valence-corrected chi connectivity index (χ0v) is 7.56. The van der Waals surface area contributed by atoms with E-state index in [2.05, 4.69) is 43.9 Å². The molecule has 0 aromatic heterocycles. The van der Waals surface area contributed by atoms with Gasteiger partial charge in [-0.15, -0.1) is 0 Å². The number of halogens is 3. The van der Waals surface area contributed by atoms with E-state index in [0.717, 1.165) is 0 Å². The Morgan fingerprint density at radius 1 is 1.50 bits per heavy atom. The van der Waals surface area contributed by atoms with Crippen LogP contribution in [0.5, 0.6) is 0 Å². The summed E-state index contributed by atoms with van der Waals surface area (Å²) >= 11 is 2.91. The SMILES string of the molecule is C=CBr.O=S(=O)(Cl)Cl. The van der Waals surface area contributed by atoms with Gasteiger partial charge >= 0.3 is 8.26 Å². The van der Waals surface area contributed by atoms with Gasteiger partial charge in [0.1, 0.15) is 0 Å². The average Bonchev–Trinajstić information content (AvgIpc) is 1.27. The molecule has 0 saturated carbocycles. The maximum atomic E-state index is 9.16. The average molecular weight is 242 g/mol. The highest BCUT2D eigenvalue weighted by Gasteiger charge is 1.88. The van der Waals surface area contributed by atoms with Gasteiger partial charge in [-0.05, 0) is 4.99 Å². The Labute approximate surface area is 65.5 Å². The standard InChI is InChI=1S/C2H3Br.Cl2O2S/c1-2-3;1-5(2,3)4/h2H,1H2;. The lowest BCUT2D eigenvalue weighted by Crippen LogP contribution is -1.63. The molecular weight excluding hydrogens is 239 g/mol. The highest BCUT2D eigenvalue weighted by Crippen LogP contribution is 1.98. The fourth-order valence-corrected chi connectivity index (χ4v) is 0. The molecule has 0 aromatic rings. The van der Waals surface area contributed by atoms with Crippen molar-refractivity contribution < 1.29 is 8.42 Å². The van der Waals surface area contributed by atoms with Crippen molar-refractivity contribution >= 4 is 45.6 Å². The van der Waals surface area contributed by atoms with Crippen molar-refractivity contribution in [2.75, 3.05) is 0 Å². The van der Waals surface area contributed by atoms with Crippen molar-refractivity contribution in [1.82, 2.24) is 0 Å². The second-order valence-corrected chi connectivity index (χ2v) is 4.85. The molecule has 0 amide bonds. The van der Waals surface area contributed by atoms with Crippen LogP contribution in [0.2, 0.25) is 0 Å². The van der Waals surface area contributed by atoms with Crippen molar-refractivity contribution in [2.24, 2.45) is 0 Å². The van der Waals surface area contributed by atoms with Gasteiger partial charge in [-0.1, -0.05) is 22.5 Å². The van der Waals surface area contributed by atoms with E-state index in [1.54, 1.807) is 4.99 Å². The Morgan fingerprint density at radius 2 is 1.50 bits per heavy atom. The van der Waals surface area contributed by atoms with E-state index in [-0.39, 0.29) is 0 Å². The number of hydrogen-bond acceptors (Lipinski definition) is 2. The first-order valence-electron chi connectivity index (χ1n) is 1.27. The van der Waals surface area contributed by atoms with E-state index >= 15 is 0 Å². The first kappa shape index (κ1) is 11.5. The van der Waals surface area contributed by atoms with Crippen LogP contribution in [0, 0.1) is 0 Å². The molecule has 0 aromatic carbocycles. The quantitative estimate of drug-likeness (QED) is 0.610. The van der Waals surface area contributed by atoms with Crippen molar-refractivity contribution in [2.45, 2.75) is 0 Å². The predicted octanol–water partition coefficient (Wildman–Crippen LogP) is 2.23. The van der Waals surface area contributed by atoms with Crippen LogP contribution in [0.15, 0.2) is 11.6 Å². The minimum absolute atomic E-state index is 1.56. The maximum Gasteiger partial charge on any atom is 0.317 e. The van der Waals surface area contributed by atoms with E-state index in [1.807, 2.05) is 0 Å². The normalized spacial score (nSPS) is 8.88. The smallest absolute Gasteiger partial charge is 0.195 e.